The summed E-state index contributed by atoms with van der Waals surface area (Å²) >= 11 is 0. The molecule has 4 aromatic carbocycles. The predicted octanol–water partition coefficient (Wildman–Crippen LogP) is 15.3. The van der Waals surface area contributed by atoms with Gasteiger partial charge in [-0.2, -0.15) is 0 Å². The van der Waals surface area contributed by atoms with Crippen molar-refractivity contribution in [2.75, 3.05) is 101 Å². The Balaban J connectivity index is 0.000000117. The van der Waals surface area contributed by atoms with Gasteiger partial charge in [-0.1, -0.05) is 24.3 Å². The molecule has 774 valence electrons. The molecule has 3 aliphatic carbocycles. The molecule has 5 aliphatic heterocycles. The van der Waals surface area contributed by atoms with Gasteiger partial charge in [-0.15, -0.1) is 0 Å². The number of hydrogen-bond donors (Lipinski definition) is 9. The second-order valence-corrected chi connectivity index (χ2v) is 40.8. The lowest BCUT2D eigenvalue weighted by Crippen LogP contribution is -2.38. The van der Waals surface area contributed by atoms with Gasteiger partial charge in [0.15, 0.2) is 46.5 Å². The number of aliphatic hydroxyl groups excluding tert-OH is 1. The molecule has 1 atom stereocenters. The number of imidazole rings is 4. The molecule has 0 spiro atoms. The lowest BCUT2D eigenvalue weighted by Gasteiger charge is -2.33. The molecule has 1 saturated heterocycles. The van der Waals surface area contributed by atoms with Crippen molar-refractivity contribution in [1.29, 1.82) is 0 Å². The highest BCUT2D eigenvalue weighted by Crippen LogP contribution is 2.43. The number of nitrogens with zero attached hydrogens (tertiary/aromatic N) is 24. The Morgan fingerprint density at radius 3 is 1.10 bits per heavy atom. The van der Waals surface area contributed by atoms with Crippen molar-refractivity contribution in [2.24, 2.45) is 0 Å². The van der Waals surface area contributed by atoms with E-state index in [2.05, 4.69) is 141 Å². The summed E-state index contributed by atoms with van der Waals surface area (Å²) in [5.41, 5.74) is 12.4. The van der Waals surface area contributed by atoms with E-state index in [1.54, 1.807) is 45.0 Å². The van der Waals surface area contributed by atoms with E-state index < -0.39 is 53.7 Å². The quantitative estimate of drug-likeness (QED) is 0.0225. The monoisotopic (exact) mass is 2050 g/mol. The number of fused-ring (bicyclic) bond motifs is 8. The van der Waals surface area contributed by atoms with Gasteiger partial charge in [0.2, 0.25) is 23.8 Å². The minimum atomic E-state index is -1.24. The van der Waals surface area contributed by atoms with Crippen LogP contribution >= 0.6 is 0 Å². The number of hydrogen-bond acceptors (Lipinski definition) is 31. The number of halogens is 8. The number of pyridine rings is 4. The molecule has 0 bridgehead atoms. The standard InChI is InChI=1S/C30H37BF2N8O2.C28H30F2N8O.C24H23F2N7O.C24H21F2N7O/c1-18-35-28-22(32)13-20(14-25(28)41(18)30(2,3)4)27-23(33)15-34-29(38-27)37-26-6-5-19-16-39(10-8-24(19)36-26)11-12-40-9-7-21(17-40)31(42)43;1-16-32-27-21(29)10-18(11-24(27)38(16)19-12-20(39)13-19)26-22(30)14-31-28(35-26)34-25-5-4-17-15-37(9-8-36(2)3)7-6-23(17)33-25;2*1-12-29-23-17(25)6-14(7-20(23)33(12)15-8-16(34)9-15)22-18(26)11-28-24(32-22)31-21-3-2-13-10-27-5-4-19(13)30-21/h5-6,13-15,21,42-43H,7-12,16-17H2,1-4H3,(H,34,36,37,38);4-5,10-11,14,19H,6-9,12-13,15H2,1-3H3,(H,31,33,34,35);2-3,6-7,11,15-16,27,34H,4-5,8-10H2,1H3,(H,28,30,31,32);2-3,6-7,11,15,27H,4-5,8-10H2,1H3,(H,28,30,31,32). The van der Waals surface area contributed by atoms with E-state index in [1.165, 1.54) is 29.8 Å². The third-order valence-corrected chi connectivity index (χ3v) is 28.8. The summed E-state index contributed by atoms with van der Waals surface area (Å²) in [6, 6.07) is 27.1. The number of rotatable bonds is 22. The molecule has 12 aromatic heterocycles. The number of aryl methyl sites for hydroxylation is 4. The number of benzene rings is 4. The molecule has 1 unspecified atom stereocenters. The molecule has 4 fully saturated rings. The number of nitrogens with one attached hydrogen (secondary N) is 6. The van der Waals surface area contributed by atoms with Gasteiger partial charge in [0, 0.05) is 204 Å². The second kappa shape index (κ2) is 42.1. The summed E-state index contributed by atoms with van der Waals surface area (Å²) in [5, 5.41) is 47.5. The normalized spacial score (nSPS) is 17.4. The first-order chi connectivity index (χ1) is 72.1. The highest BCUT2D eigenvalue weighted by molar-refractivity contribution is 6.43. The maximum absolute atomic E-state index is 15.2. The molecule has 3 saturated carbocycles. The number of carbonyl (C=O) groups excluding carboxylic acids is 2. The Hall–Kier alpha value is -14.6. The molecule has 9 N–H and O–H groups in total. The molecule has 24 rings (SSSR count). The number of aliphatic hydroxyl groups is 1. The topological polar surface area (TPSA) is 406 Å². The zero-order valence-corrected chi connectivity index (χ0v) is 84.1. The van der Waals surface area contributed by atoms with E-state index >= 15 is 17.6 Å². The third-order valence-electron chi connectivity index (χ3n) is 28.8. The average Bonchev–Trinajstić information content (AvgIpc) is 1.61. The van der Waals surface area contributed by atoms with Crippen LogP contribution in [0.4, 0.5) is 82.2 Å². The number of Topliss-reactive ketones (excluding diaryl/α,β-unsaturated/α-hetero) is 2. The summed E-state index contributed by atoms with van der Waals surface area (Å²) in [6.07, 6.45) is 10.7. The van der Waals surface area contributed by atoms with E-state index in [0.717, 1.165) is 188 Å². The van der Waals surface area contributed by atoms with Crippen LogP contribution in [0.2, 0.25) is 5.82 Å². The Morgan fingerprint density at radius 2 is 0.747 bits per heavy atom. The van der Waals surface area contributed by atoms with Gasteiger partial charge in [-0.3, -0.25) is 19.4 Å². The van der Waals surface area contributed by atoms with Crippen LogP contribution in [0.1, 0.15) is 152 Å². The molecule has 0 radical (unpaired) electrons. The third kappa shape index (κ3) is 21.4. The van der Waals surface area contributed by atoms with Crippen LogP contribution in [0.15, 0.2) is 122 Å². The zero-order valence-electron chi connectivity index (χ0n) is 84.1. The van der Waals surface area contributed by atoms with E-state index in [4.69, 9.17) is 9.97 Å². The largest absolute Gasteiger partial charge is 0.456 e. The van der Waals surface area contributed by atoms with E-state index in [1.807, 2.05) is 88.4 Å². The fraction of sp³-hybridized carbons (Fsp3) is 0.377. The molecule has 35 nitrogen and oxygen atoms in total. The van der Waals surface area contributed by atoms with Gasteiger partial charge < -0.3 is 75.1 Å². The average molecular weight is 2050 g/mol. The summed E-state index contributed by atoms with van der Waals surface area (Å²) in [4.78, 5) is 102. The first kappa shape index (κ1) is 101. The Kier molecular flexibility index (Phi) is 28.4. The van der Waals surface area contributed by atoms with Crippen molar-refractivity contribution >= 4 is 110 Å². The first-order valence-electron chi connectivity index (χ1n) is 50.3. The summed E-state index contributed by atoms with van der Waals surface area (Å²) in [6.45, 7) is 25.4. The molecule has 0 amide bonds. The summed E-state index contributed by atoms with van der Waals surface area (Å²) in [7, 11) is 2.90. The summed E-state index contributed by atoms with van der Waals surface area (Å²) < 4.78 is 127. The molecule has 16 aromatic rings. The zero-order chi connectivity index (χ0) is 105. The van der Waals surface area contributed by atoms with Crippen LogP contribution < -0.4 is 31.9 Å². The maximum Gasteiger partial charge on any atom is 0.456 e. The fourth-order valence-corrected chi connectivity index (χ4v) is 21.1. The number of ketones is 2. The van der Waals surface area contributed by atoms with Crippen molar-refractivity contribution in [3.05, 3.63) is 237 Å². The minimum absolute atomic E-state index is 0.0102. The molecular weight excluding hydrogens is 1940 g/mol. The van der Waals surface area contributed by atoms with Crippen LogP contribution in [0.25, 0.3) is 89.2 Å². The number of carbonyl (C=O) groups is 2. The van der Waals surface area contributed by atoms with Crippen molar-refractivity contribution in [3.63, 3.8) is 0 Å². The van der Waals surface area contributed by atoms with Gasteiger partial charge >= 0.3 is 7.12 Å². The maximum atomic E-state index is 15.2. The van der Waals surface area contributed by atoms with Crippen molar-refractivity contribution < 1.29 is 59.9 Å². The summed E-state index contributed by atoms with van der Waals surface area (Å²) in [5.74, 6) is 0.841. The molecule has 44 heteroatoms. The minimum Gasteiger partial charge on any atom is -0.427 e. The van der Waals surface area contributed by atoms with Gasteiger partial charge in [0.1, 0.15) is 103 Å². The van der Waals surface area contributed by atoms with Crippen LogP contribution in [0.3, 0.4) is 0 Å². The fourth-order valence-electron chi connectivity index (χ4n) is 21.1. The number of likely N-dealkylation sites (N-methyl/N-ethyl adjacent to an activating group) is 1. The van der Waals surface area contributed by atoms with Crippen molar-refractivity contribution in [3.8, 4) is 45.0 Å². The highest BCUT2D eigenvalue weighted by Gasteiger charge is 2.38. The highest BCUT2D eigenvalue weighted by atomic mass is 19.2. The number of anilines is 8. The van der Waals surface area contributed by atoms with Crippen molar-refractivity contribution in [2.45, 2.75) is 181 Å². The van der Waals surface area contributed by atoms with Crippen LogP contribution in [0, 0.1) is 74.2 Å². The Labute approximate surface area is 857 Å². The molecule has 8 aliphatic rings. The van der Waals surface area contributed by atoms with Gasteiger partial charge in [0.25, 0.3) is 0 Å². The van der Waals surface area contributed by atoms with Gasteiger partial charge in [-0.05, 0) is 190 Å². The Morgan fingerprint density at radius 1 is 0.407 bits per heavy atom. The van der Waals surface area contributed by atoms with Crippen LogP contribution in [-0.4, -0.2) is 237 Å². The molecule has 150 heavy (non-hydrogen) atoms. The van der Waals surface area contributed by atoms with Gasteiger partial charge in [0.05, 0.1) is 53.0 Å². The molecule has 17 heterocycles. The predicted molar refractivity (Wildman–Crippen MR) is 550 cm³/mol. The first-order valence-corrected chi connectivity index (χ1v) is 50.3. The van der Waals surface area contributed by atoms with Crippen molar-refractivity contribution in [1.82, 2.24) is 128 Å². The lowest BCUT2D eigenvalue weighted by molar-refractivity contribution is -0.127. The van der Waals surface area contributed by atoms with Crippen LogP contribution in [0.5, 0.6) is 0 Å². The number of aromatic nitrogens is 20. The lowest BCUT2D eigenvalue weighted by atomic mass is 9.72. The SMILES string of the molecule is Cc1nc2c(F)cc(-c3nc(Nc4ccc5c(n4)CCN(CCN(C)C)C5)ncc3F)cc2n1C1CC(=O)C1.Cc1nc2c(F)cc(-c3nc(Nc4ccc5c(n4)CCN(CCN4CCC(B(O)O)C4)C5)ncc3F)cc2n1C(C)(C)C.Cc1nc2c(F)cc(-c3nc(Nc4ccc5c(n4)CCNC5)ncc3F)cc2n1C1CC(=O)C1.Cc1nc2c(F)cc(-c3nc(Nc4ccc5c(n4)CCNC5)ncc3F)cc2n1C1CC(O)C1. The van der Waals surface area contributed by atoms with Gasteiger partial charge in [-0.25, -0.2) is 115 Å². The van der Waals surface area contributed by atoms with E-state index in [0.29, 0.717) is 118 Å². The van der Waals surface area contributed by atoms with Crippen LogP contribution in [-0.2, 0) is 67.0 Å². The second-order valence-electron chi connectivity index (χ2n) is 40.8. The Bertz CT molecular complexity index is 7930. The van der Waals surface area contributed by atoms with E-state index in [9.17, 15) is 42.3 Å². The molecular formula is C106H111BF8N30O5. The number of likely N-dealkylation sites (tertiary alicyclic amines) is 1. The smallest absolute Gasteiger partial charge is 0.427 e. The van der Waals surface area contributed by atoms with E-state index in [-0.39, 0.29) is 127 Å².